The first-order valence-electron chi connectivity index (χ1n) is 11.4. The monoisotopic (exact) mass is 493 g/mol. The highest BCUT2D eigenvalue weighted by molar-refractivity contribution is 6.33. The molecule has 4 aromatic rings. The number of hydrogen-bond donors (Lipinski definition) is 2. The molecule has 0 radical (unpaired) electrons. The predicted molar refractivity (Wildman–Crippen MR) is 135 cm³/mol. The highest BCUT2D eigenvalue weighted by atomic mass is 35.5. The molecule has 1 aromatic heterocycles. The Morgan fingerprint density at radius 1 is 1.17 bits per heavy atom. The molecule has 0 saturated carbocycles. The number of phenolic OH excluding ortho intramolecular Hbond substituents is 1. The van der Waals surface area contributed by atoms with Gasteiger partial charge in [0.2, 0.25) is 5.88 Å². The van der Waals surface area contributed by atoms with E-state index < -0.39 is 5.82 Å². The lowest BCUT2D eigenvalue weighted by Crippen LogP contribution is -2.51. The molecule has 1 saturated heterocycles. The first kappa shape index (κ1) is 23.2. The number of hydrogen-bond acceptors (Lipinski definition) is 4. The topological polar surface area (TPSA) is 66.7 Å². The van der Waals surface area contributed by atoms with Crippen LogP contribution in [0.3, 0.4) is 0 Å². The van der Waals surface area contributed by atoms with E-state index in [1.54, 1.807) is 21.6 Å². The van der Waals surface area contributed by atoms with Crippen molar-refractivity contribution in [3.8, 4) is 23.1 Å². The van der Waals surface area contributed by atoms with Crippen LogP contribution >= 0.6 is 11.6 Å². The van der Waals surface area contributed by atoms with Crippen LogP contribution in [-0.2, 0) is 0 Å². The Bertz CT molecular complexity index is 1420. The second-order valence-corrected chi connectivity index (χ2v) is 9.20. The Morgan fingerprint density at radius 3 is 2.69 bits per heavy atom. The largest absolute Gasteiger partial charge is 0.506 e. The predicted octanol–water partition coefficient (Wildman–Crippen LogP) is 5.66. The lowest BCUT2D eigenvalue weighted by atomic mass is 10.1. The summed E-state index contributed by atoms with van der Waals surface area (Å²) in [4.78, 5) is 15.7. The van der Waals surface area contributed by atoms with Crippen LogP contribution < -0.4 is 10.1 Å². The minimum Gasteiger partial charge on any atom is -0.506 e. The van der Waals surface area contributed by atoms with Gasteiger partial charge in [-0.25, -0.2) is 4.39 Å². The second-order valence-electron chi connectivity index (χ2n) is 8.79. The van der Waals surface area contributed by atoms with E-state index in [9.17, 15) is 14.3 Å². The van der Waals surface area contributed by atoms with Crippen molar-refractivity contribution >= 4 is 28.4 Å². The average Bonchev–Trinajstić information content (AvgIpc) is 3.14. The summed E-state index contributed by atoms with van der Waals surface area (Å²) in [6.45, 7) is 5.55. The number of aromatic hydroxyl groups is 1. The average molecular weight is 494 g/mol. The van der Waals surface area contributed by atoms with E-state index in [4.69, 9.17) is 16.3 Å². The number of amides is 1. The number of para-hydroxylation sites is 1. The van der Waals surface area contributed by atoms with Gasteiger partial charge in [0.15, 0.2) is 0 Å². The molecule has 5 rings (SSSR count). The number of aromatic nitrogens is 1. The summed E-state index contributed by atoms with van der Waals surface area (Å²) >= 11 is 6.30. The van der Waals surface area contributed by atoms with Crippen molar-refractivity contribution < 1.29 is 19.0 Å². The van der Waals surface area contributed by atoms with Gasteiger partial charge in [0.05, 0.1) is 10.5 Å². The standard InChI is InChI=1S/C27H25ClFN3O3/c1-16-8-9-18(29)12-24(16)35-27-25(26(34)31-11-10-30-17(2)15-31)20-13-23(33)21(28)14-22(20)32(27)19-6-4-3-5-7-19/h3-9,12-14,17,30,33H,10-11,15H2,1-2H3/t17-/m0/s1. The van der Waals surface area contributed by atoms with E-state index in [0.717, 1.165) is 5.69 Å². The fourth-order valence-electron chi connectivity index (χ4n) is 4.47. The summed E-state index contributed by atoms with van der Waals surface area (Å²) in [5, 5.41) is 14.4. The molecule has 1 aliphatic heterocycles. The van der Waals surface area contributed by atoms with Gasteiger partial charge in [-0.3, -0.25) is 9.36 Å². The smallest absolute Gasteiger partial charge is 0.260 e. The van der Waals surface area contributed by atoms with Gasteiger partial charge >= 0.3 is 0 Å². The normalized spacial score (nSPS) is 16.0. The fourth-order valence-corrected chi connectivity index (χ4v) is 4.63. The van der Waals surface area contributed by atoms with E-state index in [0.29, 0.717) is 41.9 Å². The number of benzene rings is 3. The van der Waals surface area contributed by atoms with E-state index in [1.807, 2.05) is 44.2 Å². The first-order chi connectivity index (χ1) is 16.8. The molecular formula is C27H25ClFN3O3. The Morgan fingerprint density at radius 2 is 1.94 bits per heavy atom. The van der Waals surface area contributed by atoms with Gasteiger partial charge < -0.3 is 20.1 Å². The zero-order valence-electron chi connectivity index (χ0n) is 19.4. The van der Waals surface area contributed by atoms with Crippen LogP contribution in [-0.4, -0.2) is 46.2 Å². The van der Waals surface area contributed by atoms with Crippen molar-refractivity contribution in [2.45, 2.75) is 19.9 Å². The first-order valence-corrected chi connectivity index (χ1v) is 11.8. The molecule has 3 aromatic carbocycles. The highest BCUT2D eigenvalue weighted by Crippen LogP contribution is 2.42. The molecule has 8 heteroatoms. The van der Waals surface area contributed by atoms with Crippen molar-refractivity contribution in [1.82, 2.24) is 14.8 Å². The number of nitrogens with zero attached hydrogens (tertiary/aromatic N) is 2. The Labute approximate surface area is 207 Å². The van der Waals surface area contributed by atoms with Crippen molar-refractivity contribution in [2.24, 2.45) is 0 Å². The molecule has 1 fully saturated rings. The van der Waals surface area contributed by atoms with Gasteiger partial charge in [-0.2, -0.15) is 0 Å². The molecule has 2 N–H and O–H groups in total. The number of carbonyl (C=O) groups excluding carboxylic acids is 1. The molecule has 0 unspecified atom stereocenters. The molecule has 35 heavy (non-hydrogen) atoms. The van der Waals surface area contributed by atoms with E-state index in [1.165, 1.54) is 18.2 Å². The maximum absolute atomic E-state index is 14.2. The molecule has 180 valence electrons. The molecule has 2 heterocycles. The third kappa shape index (κ3) is 4.33. The highest BCUT2D eigenvalue weighted by Gasteiger charge is 2.31. The third-order valence-corrected chi connectivity index (χ3v) is 6.54. The molecule has 1 aliphatic rings. The maximum atomic E-state index is 14.2. The zero-order chi connectivity index (χ0) is 24.7. The molecular weight excluding hydrogens is 469 g/mol. The summed E-state index contributed by atoms with van der Waals surface area (Å²) in [5.74, 6) is -0.289. The summed E-state index contributed by atoms with van der Waals surface area (Å²) in [5.41, 5.74) is 2.32. The summed E-state index contributed by atoms with van der Waals surface area (Å²) in [7, 11) is 0. The second kappa shape index (κ2) is 9.24. The van der Waals surface area contributed by atoms with Crippen molar-refractivity contribution in [3.63, 3.8) is 0 Å². The van der Waals surface area contributed by atoms with Crippen LogP contribution in [0.25, 0.3) is 16.6 Å². The van der Waals surface area contributed by atoms with Gasteiger partial charge in [-0.15, -0.1) is 0 Å². The number of phenols is 1. The van der Waals surface area contributed by atoms with Gasteiger partial charge in [0.1, 0.15) is 22.9 Å². The zero-order valence-corrected chi connectivity index (χ0v) is 20.1. The van der Waals surface area contributed by atoms with Gasteiger partial charge in [-0.05, 0) is 49.7 Å². The van der Waals surface area contributed by atoms with Gasteiger partial charge in [0, 0.05) is 42.8 Å². The number of rotatable bonds is 4. The summed E-state index contributed by atoms with van der Waals surface area (Å²) in [6, 6.07) is 16.9. The maximum Gasteiger partial charge on any atom is 0.260 e. The lowest BCUT2D eigenvalue weighted by molar-refractivity contribution is 0.0708. The van der Waals surface area contributed by atoms with Crippen molar-refractivity contribution in [2.75, 3.05) is 19.6 Å². The van der Waals surface area contributed by atoms with Crippen LogP contribution in [0.1, 0.15) is 22.8 Å². The fraction of sp³-hybridized carbons (Fsp3) is 0.222. The van der Waals surface area contributed by atoms with Crippen LogP contribution in [0.15, 0.2) is 60.7 Å². The van der Waals surface area contributed by atoms with Gasteiger partial charge in [-0.1, -0.05) is 35.9 Å². The molecule has 1 atom stereocenters. The van der Waals surface area contributed by atoms with E-state index in [-0.39, 0.29) is 34.2 Å². The van der Waals surface area contributed by atoms with Crippen molar-refractivity contribution in [3.05, 3.63) is 82.6 Å². The molecule has 0 bridgehead atoms. The van der Waals surface area contributed by atoms with Crippen LogP contribution in [0.4, 0.5) is 4.39 Å². The Hall–Kier alpha value is -3.55. The van der Waals surface area contributed by atoms with Crippen LogP contribution in [0.2, 0.25) is 5.02 Å². The lowest BCUT2D eigenvalue weighted by Gasteiger charge is -2.32. The number of fused-ring (bicyclic) bond motifs is 1. The number of halogens is 2. The van der Waals surface area contributed by atoms with Crippen LogP contribution in [0, 0.1) is 12.7 Å². The van der Waals surface area contributed by atoms with Crippen molar-refractivity contribution in [1.29, 1.82) is 0 Å². The van der Waals surface area contributed by atoms with Crippen LogP contribution in [0.5, 0.6) is 17.4 Å². The summed E-state index contributed by atoms with van der Waals surface area (Å²) < 4.78 is 22.3. The SMILES string of the molecule is Cc1ccc(F)cc1Oc1c(C(=O)N2CCN[C@@H](C)C2)c2cc(O)c(Cl)cc2n1-c1ccccc1. The number of piperazine rings is 1. The molecule has 0 spiro atoms. The number of carbonyl (C=O) groups is 1. The number of ether oxygens (including phenoxy) is 1. The molecule has 1 amide bonds. The minimum absolute atomic E-state index is 0.132. The number of aryl methyl sites for hydroxylation is 1. The van der Waals surface area contributed by atoms with E-state index in [2.05, 4.69) is 5.32 Å². The van der Waals surface area contributed by atoms with E-state index >= 15 is 0 Å². The molecule has 6 nitrogen and oxygen atoms in total. The molecule has 0 aliphatic carbocycles. The quantitative estimate of drug-likeness (QED) is 0.385. The summed E-state index contributed by atoms with van der Waals surface area (Å²) in [6.07, 6.45) is 0. The Balaban J connectivity index is 1.80. The minimum atomic E-state index is -0.447. The Kier molecular flexibility index (Phi) is 6.13. The van der Waals surface area contributed by atoms with Gasteiger partial charge in [0.25, 0.3) is 5.91 Å². The third-order valence-electron chi connectivity index (χ3n) is 6.23. The number of nitrogens with one attached hydrogen (secondary N) is 1.